The van der Waals surface area contributed by atoms with Gasteiger partial charge in [-0.2, -0.15) is 0 Å². The third-order valence-electron chi connectivity index (χ3n) is 11.2. The minimum Gasteiger partial charge on any atom is -0.352 e. The predicted octanol–water partition coefficient (Wildman–Crippen LogP) is 4.55. The minimum atomic E-state index is -4.44. The summed E-state index contributed by atoms with van der Waals surface area (Å²) in [6.45, 7) is 21.8. The first-order valence-electron chi connectivity index (χ1n) is 21.4. The van der Waals surface area contributed by atoms with Crippen molar-refractivity contribution in [1.82, 2.24) is 30.9 Å². The second kappa shape index (κ2) is 22.9. The number of benzene rings is 2. The molecule has 16 nitrogen and oxygen atoms in total. The molecule has 0 aliphatic carbocycles. The maximum Gasteiger partial charge on any atom is 0.312 e. The topological polar surface area (TPSA) is 238 Å². The minimum absolute atomic E-state index is 0.0444. The number of nitrogens with one attached hydrogen (secondary N) is 6. The normalized spacial score (nSPS) is 14.3. The van der Waals surface area contributed by atoms with Crippen LogP contribution in [0.2, 0.25) is 0 Å². The highest BCUT2D eigenvalue weighted by molar-refractivity contribution is 7.90. The molecule has 0 saturated carbocycles. The molecule has 0 aliphatic heterocycles. The van der Waals surface area contributed by atoms with E-state index < -0.39 is 62.9 Å². The molecule has 0 heterocycles. The third kappa shape index (κ3) is 15.2. The molecule has 0 radical (unpaired) electrons. The molecule has 2 rings (SSSR count). The van der Waals surface area contributed by atoms with Gasteiger partial charge in [0.15, 0.2) is 0 Å². The number of nitrogens with zero attached hydrogens (tertiary/aromatic N) is 1. The van der Waals surface area contributed by atoms with E-state index in [1.165, 1.54) is 24.0 Å². The van der Waals surface area contributed by atoms with Crippen LogP contribution in [0.25, 0.3) is 0 Å². The van der Waals surface area contributed by atoms with Crippen LogP contribution in [0.1, 0.15) is 105 Å². The number of urea groups is 1. The van der Waals surface area contributed by atoms with E-state index in [1.54, 1.807) is 34.0 Å². The monoisotopic (exact) mass is 897 g/mol. The molecular weight excluding hydrogens is 825 g/mol. The Morgan fingerprint density at radius 3 is 1.97 bits per heavy atom. The zero-order valence-electron chi connectivity index (χ0n) is 39.6. The van der Waals surface area contributed by atoms with E-state index in [0.717, 1.165) is 5.56 Å². The average Bonchev–Trinajstić information content (AvgIpc) is 3.17. The molecule has 4 unspecified atom stereocenters. The van der Waals surface area contributed by atoms with Crippen molar-refractivity contribution in [2.24, 2.45) is 23.0 Å². The lowest BCUT2D eigenvalue weighted by atomic mass is 9.76. The van der Waals surface area contributed by atoms with Crippen molar-refractivity contribution >= 4 is 51.3 Å². The molecule has 0 aromatic heterocycles. The van der Waals surface area contributed by atoms with Crippen molar-refractivity contribution in [3.8, 4) is 0 Å². The first kappa shape index (κ1) is 53.8. The molecule has 63 heavy (non-hydrogen) atoms. The van der Waals surface area contributed by atoms with Gasteiger partial charge in [0.05, 0.1) is 17.0 Å². The van der Waals surface area contributed by atoms with Gasteiger partial charge in [0.1, 0.15) is 12.1 Å². The number of carbonyl (C=O) groups is 6. The number of sulfonamides is 1. The summed E-state index contributed by atoms with van der Waals surface area (Å²) in [5.74, 6) is -2.67. The fraction of sp³-hybridized carbons (Fsp3) is 0.565. The van der Waals surface area contributed by atoms with Crippen LogP contribution >= 0.6 is 0 Å². The molecule has 0 bridgehead atoms. The van der Waals surface area contributed by atoms with E-state index in [1.807, 2.05) is 92.6 Å². The van der Waals surface area contributed by atoms with Crippen LogP contribution in [-0.2, 0) is 39.4 Å². The number of carbonyl (C=O) groups excluding carboxylic acids is 6. The van der Waals surface area contributed by atoms with Gasteiger partial charge in [-0.3, -0.25) is 24.0 Å². The van der Waals surface area contributed by atoms with E-state index in [-0.39, 0.29) is 65.0 Å². The number of primary amides is 1. The molecule has 0 spiro atoms. The van der Waals surface area contributed by atoms with E-state index in [2.05, 4.69) is 31.3 Å². The van der Waals surface area contributed by atoms with Crippen LogP contribution < -0.4 is 37.0 Å². The zero-order valence-corrected chi connectivity index (χ0v) is 40.4. The quantitative estimate of drug-likeness (QED) is 0.0687. The summed E-state index contributed by atoms with van der Waals surface area (Å²) in [6, 6.07) is 8.34. The highest BCUT2D eigenvalue weighted by Crippen LogP contribution is 2.30. The molecular formula is C46H72N8O8S. The van der Waals surface area contributed by atoms with Gasteiger partial charge in [0, 0.05) is 36.7 Å². The number of hydrogen-bond donors (Lipinski definition) is 7. The standard InChI is InChI=1S/C46H72N8O8S/c1-27(2)25-37(55)50-34(21-18-24-49-44(47)60)41(57)51-33-22-23-36(31(7)30(33)6)63(61,62)53-40(56)29(5)26-35(28(3)4)54(14)43(59)39(45(8,9)10)52-42(58)38(48-13)46(11,12)32-19-16-15-17-20-32/h15-17,19-20,22-23,26-28,34-35,38-39,48H,18,21,24-25H2,1-14H3,(H,50,55)(H,51,57)(H,52,58)(H,53,56)(H3,47,49,60). The molecule has 17 heteroatoms. The molecule has 350 valence electrons. The van der Waals surface area contributed by atoms with Gasteiger partial charge in [-0.1, -0.05) is 98.7 Å². The smallest absolute Gasteiger partial charge is 0.312 e. The molecule has 2 aromatic rings. The maximum absolute atomic E-state index is 14.3. The lowest BCUT2D eigenvalue weighted by molar-refractivity contribution is -0.140. The number of anilines is 1. The number of likely N-dealkylation sites (N-methyl/N-ethyl adjacent to an activating group) is 2. The number of hydrogen-bond acceptors (Lipinski definition) is 9. The number of amides is 7. The van der Waals surface area contributed by atoms with Crippen LogP contribution in [0.4, 0.5) is 10.5 Å². The van der Waals surface area contributed by atoms with Gasteiger partial charge < -0.3 is 37.2 Å². The highest BCUT2D eigenvalue weighted by Gasteiger charge is 2.42. The summed E-state index contributed by atoms with van der Waals surface area (Å²) in [6.07, 6.45) is 2.28. The molecule has 4 atom stereocenters. The molecule has 0 fully saturated rings. The van der Waals surface area contributed by atoms with Gasteiger partial charge in [0.25, 0.3) is 15.9 Å². The Labute approximate surface area is 374 Å². The second-order valence-corrected chi connectivity index (χ2v) is 20.2. The largest absolute Gasteiger partial charge is 0.352 e. The van der Waals surface area contributed by atoms with E-state index >= 15 is 0 Å². The number of rotatable bonds is 21. The van der Waals surface area contributed by atoms with E-state index in [0.29, 0.717) is 17.7 Å². The maximum atomic E-state index is 14.3. The van der Waals surface area contributed by atoms with E-state index in [9.17, 15) is 37.2 Å². The van der Waals surface area contributed by atoms with Crippen LogP contribution in [0, 0.1) is 31.1 Å². The summed E-state index contributed by atoms with van der Waals surface area (Å²) < 4.78 is 29.6. The van der Waals surface area contributed by atoms with Crippen LogP contribution in [0.3, 0.4) is 0 Å². The molecule has 2 aromatic carbocycles. The summed E-state index contributed by atoms with van der Waals surface area (Å²) in [5.41, 5.74) is 5.77. The van der Waals surface area contributed by atoms with Crippen LogP contribution in [0.5, 0.6) is 0 Å². The molecule has 7 amide bonds. The molecule has 0 aliphatic rings. The first-order chi connectivity index (χ1) is 29.1. The van der Waals surface area contributed by atoms with Crippen molar-refractivity contribution in [2.45, 2.75) is 137 Å². The lowest BCUT2D eigenvalue weighted by Gasteiger charge is -2.40. The Bertz CT molecular complexity index is 2100. The zero-order chi connectivity index (χ0) is 48.2. The second-order valence-electron chi connectivity index (χ2n) is 18.6. The van der Waals surface area contributed by atoms with Gasteiger partial charge in [0.2, 0.25) is 23.6 Å². The molecule has 8 N–H and O–H groups in total. The third-order valence-corrected chi connectivity index (χ3v) is 12.6. The Morgan fingerprint density at radius 1 is 0.841 bits per heavy atom. The van der Waals surface area contributed by atoms with Crippen molar-refractivity contribution in [2.75, 3.05) is 26.0 Å². The lowest BCUT2D eigenvalue weighted by Crippen LogP contribution is -2.61. The fourth-order valence-corrected chi connectivity index (χ4v) is 8.59. The summed E-state index contributed by atoms with van der Waals surface area (Å²) in [7, 11) is -1.15. The Hall–Kier alpha value is -5.29. The SMILES string of the molecule is CNC(C(=O)NC(C(=O)N(C)C(C=C(C)C(=O)NS(=O)(=O)c1ccc(NC(=O)C(CCCNC(N)=O)NC(=O)CC(C)C)c(C)c1C)C(C)C)C(C)(C)C)C(C)(C)c1ccccc1. The van der Waals surface area contributed by atoms with Gasteiger partial charge in [-0.15, -0.1) is 0 Å². The fourth-order valence-electron chi connectivity index (χ4n) is 7.27. The Kier molecular flexibility index (Phi) is 19.6. The van der Waals surface area contributed by atoms with Crippen molar-refractivity contribution in [3.05, 3.63) is 70.8 Å². The Balaban J connectivity index is 2.33. The predicted molar refractivity (Wildman–Crippen MR) is 247 cm³/mol. The van der Waals surface area contributed by atoms with Gasteiger partial charge >= 0.3 is 6.03 Å². The summed E-state index contributed by atoms with van der Waals surface area (Å²) in [4.78, 5) is 80.3. The average molecular weight is 897 g/mol. The Morgan fingerprint density at radius 2 is 1.44 bits per heavy atom. The highest BCUT2D eigenvalue weighted by atomic mass is 32.2. The van der Waals surface area contributed by atoms with Crippen LogP contribution in [-0.4, -0.2) is 93.7 Å². The van der Waals surface area contributed by atoms with Gasteiger partial charge in [-0.05, 0) is 86.7 Å². The summed E-state index contributed by atoms with van der Waals surface area (Å²) in [5, 5.41) is 14.1. The number of nitrogens with two attached hydrogens (primary N) is 1. The van der Waals surface area contributed by atoms with Crippen molar-refractivity contribution < 1.29 is 37.2 Å². The van der Waals surface area contributed by atoms with Crippen LogP contribution in [0.15, 0.2) is 59.0 Å². The van der Waals surface area contributed by atoms with E-state index in [4.69, 9.17) is 5.73 Å². The summed E-state index contributed by atoms with van der Waals surface area (Å²) >= 11 is 0. The molecule has 0 saturated heterocycles. The van der Waals surface area contributed by atoms with Gasteiger partial charge in [-0.25, -0.2) is 17.9 Å². The van der Waals surface area contributed by atoms with Crippen molar-refractivity contribution in [3.63, 3.8) is 0 Å². The van der Waals surface area contributed by atoms with Crippen molar-refractivity contribution in [1.29, 1.82) is 0 Å². The first-order valence-corrected chi connectivity index (χ1v) is 22.8.